The molecular weight excluding hydrogens is 469 g/mol. The van der Waals surface area contributed by atoms with Gasteiger partial charge in [0.25, 0.3) is 0 Å². The lowest BCUT2D eigenvalue weighted by atomic mass is 10.0. The predicted octanol–water partition coefficient (Wildman–Crippen LogP) is 7.94. The van der Waals surface area contributed by atoms with Gasteiger partial charge in [-0.25, -0.2) is 0 Å². The highest BCUT2D eigenvalue weighted by atomic mass is 28.3. The Bertz CT molecular complexity index is 1330. The van der Waals surface area contributed by atoms with Crippen molar-refractivity contribution in [3.8, 4) is 56.6 Å². The van der Waals surface area contributed by atoms with Crippen molar-refractivity contribution >= 4 is 16.1 Å². The third-order valence-electron chi connectivity index (χ3n) is 5.39. The topological polar surface area (TPSA) is 25.8 Å². The molecule has 36 heavy (non-hydrogen) atoms. The van der Waals surface area contributed by atoms with E-state index in [1.54, 1.807) is 0 Å². The monoisotopic (exact) mass is 500 g/mol. The van der Waals surface area contributed by atoms with E-state index in [0.717, 1.165) is 44.8 Å². The van der Waals surface area contributed by atoms with Crippen LogP contribution < -0.4 is 0 Å². The summed E-state index contributed by atoms with van der Waals surface area (Å²) >= 11 is 0. The van der Waals surface area contributed by atoms with Crippen LogP contribution in [0.25, 0.3) is 33.6 Å². The number of hydrogen-bond donors (Lipinski definition) is 0. The maximum atomic E-state index is 4.67. The molecule has 0 amide bonds. The van der Waals surface area contributed by atoms with Gasteiger partial charge in [-0.15, -0.1) is 11.1 Å². The molecule has 178 valence electrons. The number of hydrogen-bond acceptors (Lipinski definition) is 2. The van der Waals surface area contributed by atoms with E-state index >= 15 is 0 Å². The summed E-state index contributed by atoms with van der Waals surface area (Å²) < 4.78 is 0. The Morgan fingerprint density at radius 3 is 1.06 bits per heavy atom. The van der Waals surface area contributed by atoms with Crippen LogP contribution in [0.1, 0.15) is 11.1 Å². The highest BCUT2D eigenvalue weighted by Gasteiger charge is 2.09. The van der Waals surface area contributed by atoms with Crippen molar-refractivity contribution in [3.63, 3.8) is 0 Å². The summed E-state index contributed by atoms with van der Waals surface area (Å²) in [5.41, 5.74) is 15.1. The molecule has 0 aliphatic carbocycles. The molecule has 0 fully saturated rings. The van der Waals surface area contributed by atoms with E-state index in [0.29, 0.717) is 0 Å². The van der Waals surface area contributed by atoms with Crippen molar-refractivity contribution in [1.29, 1.82) is 0 Å². The van der Waals surface area contributed by atoms with Gasteiger partial charge in [-0.05, 0) is 47.5 Å². The lowest BCUT2D eigenvalue weighted by molar-refractivity contribution is 1.25. The van der Waals surface area contributed by atoms with Gasteiger partial charge in [-0.2, -0.15) is 0 Å². The molecule has 4 aromatic rings. The third kappa shape index (κ3) is 7.15. The van der Waals surface area contributed by atoms with Gasteiger partial charge in [0.1, 0.15) is 16.1 Å². The van der Waals surface area contributed by atoms with Crippen LogP contribution in [0.2, 0.25) is 39.3 Å². The molecule has 0 radical (unpaired) electrons. The van der Waals surface area contributed by atoms with Gasteiger partial charge >= 0.3 is 0 Å². The molecule has 0 atom stereocenters. The zero-order chi connectivity index (χ0) is 25.8. The molecule has 0 saturated heterocycles. The van der Waals surface area contributed by atoms with Crippen LogP contribution >= 0.6 is 0 Å². The third-order valence-corrected chi connectivity index (χ3v) is 7.14. The molecule has 0 N–H and O–H groups in total. The molecule has 0 spiro atoms. The van der Waals surface area contributed by atoms with Gasteiger partial charge in [0.2, 0.25) is 0 Å². The molecule has 0 unspecified atom stereocenters. The highest BCUT2D eigenvalue weighted by molar-refractivity contribution is 6.84. The minimum atomic E-state index is -1.37. The van der Waals surface area contributed by atoms with Gasteiger partial charge in [-0.3, -0.25) is 9.97 Å². The summed E-state index contributed by atoms with van der Waals surface area (Å²) in [6, 6.07) is 25.0. The first kappa shape index (κ1) is 25.4. The first-order valence-electron chi connectivity index (χ1n) is 12.3. The van der Waals surface area contributed by atoms with Crippen LogP contribution in [0.4, 0.5) is 0 Å². The van der Waals surface area contributed by atoms with Crippen molar-refractivity contribution < 1.29 is 0 Å². The molecule has 2 aromatic heterocycles. The number of rotatable bonds is 3. The van der Waals surface area contributed by atoms with Crippen LogP contribution in [0.3, 0.4) is 0 Å². The molecule has 2 aromatic carbocycles. The van der Waals surface area contributed by atoms with Crippen molar-refractivity contribution in [2.75, 3.05) is 0 Å². The molecule has 4 rings (SSSR count). The maximum absolute atomic E-state index is 4.67. The van der Waals surface area contributed by atoms with Crippen LogP contribution in [0.15, 0.2) is 85.2 Å². The number of aromatic nitrogens is 2. The Kier molecular flexibility index (Phi) is 7.41. The van der Waals surface area contributed by atoms with Gasteiger partial charge in [0.05, 0.1) is 11.4 Å². The Morgan fingerprint density at radius 1 is 0.444 bits per heavy atom. The first-order valence-corrected chi connectivity index (χ1v) is 19.3. The summed E-state index contributed by atoms with van der Waals surface area (Å²) in [5.74, 6) is 6.61. The molecule has 0 aliphatic rings. The fourth-order valence-corrected chi connectivity index (χ4v) is 4.48. The fraction of sp³-hybridized carbons (Fsp3) is 0.188. The second-order valence-corrected chi connectivity index (χ2v) is 20.5. The number of benzene rings is 2. The summed E-state index contributed by atoms with van der Waals surface area (Å²) in [7, 11) is -2.74. The molecule has 0 saturated carbocycles. The quantitative estimate of drug-likeness (QED) is 0.211. The first-order chi connectivity index (χ1) is 17.1. The largest absolute Gasteiger partial charge is 0.254 e. The van der Waals surface area contributed by atoms with Gasteiger partial charge in [0.15, 0.2) is 0 Å². The summed E-state index contributed by atoms with van der Waals surface area (Å²) in [6.07, 6.45) is 3.82. The van der Waals surface area contributed by atoms with Crippen LogP contribution in [-0.2, 0) is 0 Å². The smallest absolute Gasteiger partial charge is 0.129 e. The molecule has 0 bridgehead atoms. The SMILES string of the molecule is C[Si](C)(C)C#Cc1ccc(-c2ccc(-c3ccc(-c4ccc(C#C[Si](C)(C)C)cc4)cn3)nc2)cc1. The molecule has 4 heteroatoms. The van der Waals surface area contributed by atoms with Crippen molar-refractivity contribution in [2.45, 2.75) is 39.3 Å². The molecule has 0 aliphatic heterocycles. The van der Waals surface area contributed by atoms with Crippen LogP contribution in [-0.4, -0.2) is 26.1 Å². The average Bonchev–Trinajstić information content (AvgIpc) is 2.86. The van der Waals surface area contributed by atoms with E-state index in [4.69, 9.17) is 0 Å². The zero-order valence-electron chi connectivity index (χ0n) is 22.0. The van der Waals surface area contributed by atoms with Crippen molar-refractivity contribution in [1.82, 2.24) is 9.97 Å². The van der Waals surface area contributed by atoms with E-state index in [2.05, 4.69) is 133 Å². The average molecular weight is 501 g/mol. The van der Waals surface area contributed by atoms with E-state index in [1.165, 1.54) is 0 Å². The molecular formula is C32H32N2Si2. The Labute approximate surface area is 217 Å². The summed E-state index contributed by atoms with van der Waals surface area (Å²) in [5, 5.41) is 0. The summed E-state index contributed by atoms with van der Waals surface area (Å²) in [6.45, 7) is 13.5. The molecule has 2 nitrogen and oxygen atoms in total. The minimum Gasteiger partial charge on any atom is -0.254 e. The lowest BCUT2D eigenvalue weighted by Gasteiger charge is -2.06. The van der Waals surface area contributed by atoms with Gasteiger partial charge in [-0.1, -0.05) is 87.5 Å². The van der Waals surface area contributed by atoms with Gasteiger partial charge in [0, 0.05) is 34.6 Å². The summed E-state index contributed by atoms with van der Waals surface area (Å²) in [4.78, 5) is 9.35. The lowest BCUT2D eigenvalue weighted by Crippen LogP contribution is -2.16. The fourth-order valence-electron chi connectivity index (χ4n) is 3.44. The van der Waals surface area contributed by atoms with Gasteiger partial charge < -0.3 is 0 Å². The normalized spacial score (nSPS) is 11.2. The second kappa shape index (κ2) is 10.5. The van der Waals surface area contributed by atoms with E-state index in [-0.39, 0.29) is 0 Å². The van der Waals surface area contributed by atoms with Crippen LogP contribution in [0.5, 0.6) is 0 Å². The zero-order valence-corrected chi connectivity index (χ0v) is 24.0. The molecule has 2 heterocycles. The standard InChI is InChI=1S/C32H32N2Si2/c1-35(2,3)21-19-25-7-11-27(12-8-25)29-15-17-31(33-23-29)32-18-16-30(24-34-32)28-13-9-26(10-14-28)20-22-36(4,5)6/h7-18,23-24H,1-6H3. The predicted molar refractivity (Wildman–Crippen MR) is 159 cm³/mol. The highest BCUT2D eigenvalue weighted by Crippen LogP contribution is 2.24. The number of pyridine rings is 2. The minimum absolute atomic E-state index is 0.861. The number of nitrogens with zero attached hydrogens (tertiary/aromatic N) is 2. The van der Waals surface area contributed by atoms with Crippen LogP contribution in [0, 0.1) is 22.9 Å². The van der Waals surface area contributed by atoms with E-state index < -0.39 is 16.1 Å². The van der Waals surface area contributed by atoms with E-state index in [1.807, 2.05) is 24.5 Å². The van der Waals surface area contributed by atoms with Crippen molar-refractivity contribution in [3.05, 3.63) is 96.3 Å². The van der Waals surface area contributed by atoms with E-state index in [9.17, 15) is 0 Å². The second-order valence-electron chi connectivity index (χ2n) is 11.0. The van der Waals surface area contributed by atoms with Crippen molar-refractivity contribution in [2.24, 2.45) is 0 Å². The Balaban J connectivity index is 1.46. The Hall–Kier alpha value is -3.71. The maximum Gasteiger partial charge on any atom is 0.129 e. The Morgan fingerprint density at radius 2 is 0.778 bits per heavy atom.